The Kier molecular flexibility index (Phi) is 4.25. The van der Waals surface area contributed by atoms with Crippen LogP contribution in [-0.4, -0.2) is 34.2 Å². The molecule has 118 valence electrons. The third kappa shape index (κ3) is 3.19. The van der Waals surface area contributed by atoms with Gasteiger partial charge >= 0.3 is 0 Å². The summed E-state index contributed by atoms with van der Waals surface area (Å²) in [5.74, 6) is -1.21. The van der Waals surface area contributed by atoms with Gasteiger partial charge in [-0.3, -0.25) is 4.90 Å². The minimum absolute atomic E-state index is 0.0784. The lowest BCUT2D eigenvalue weighted by Crippen LogP contribution is -2.46. The molecule has 1 aromatic carbocycles. The summed E-state index contributed by atoms with van der Waals surface area (Å²) in [4.78, 5) is 6.33. The maximum absolute atomic E-state index is 13.8. The van der Waals surface area contributed by atoms with E-state index in [1.165, 1.54) is 29.5 Å². The van der Waals surface area contributed by atoms with Gasteiger partial charge in [0.05, 0.1) is 23.4 Å². The third-order valence-corrected chi connectivity index (χ3v) is 4.86. The molecule has 0 bridgehead atoms. The Morgan fingerprint density at radius 2 is 2.00 bits per heavy atom. The maximum Gasteiger partial charge on any atom is 0.135 e. The van der Waals surface area contributed by atoms with Crippen LogP contribution in [0.3, 0.4) is 0 Å². The van der Waals surface area contributed by atoms with E-state index in [0.29, 0.717) is 18.8 Å². The Hall–Kier alpha value is -1.37. The second kappa shape index (κ2) is 6.02. The zero-order chi connectivity index (χ0) is 15.7. The molecule has 1 aliphatic carbocycles. The van der Waals surface area contributed by atoms with Crippen LogP contribution in [0.2, 0.25) is 0 Å². The number of aromatic nitrogens is 1. The monoisotopic (exact) mass is 324 g/mol. The lowest BCUT2D eigenvalue weighted by molar-refractivity contribution is -0.0555. The van der Waals surface area contributed by atoms with Gasteiger partial charge in [-0.25, -0.2) is 13.8 Å². The van der Waals surface area contributed by atoms with Gasteiger partial charge in [0.15, 0.2) is 0 Å². The van der Waals surface area contributed by atoms with Crippen LogP contribution < -0.4 is 0 Å². The van der Waals surface area contributed by atoms with Crippen molar-refractivity contribution in [2.45, 2.75) is 31.4 Å². The Morgan fingerprint density at radius 1 is 1.32 bits per heavy atom. The first-order valence-electron chi connectivity index (χ1n) is 7.27. The molecule has 0 atom stereocenters. The summed E-state index contributed by atoms with van der Waals surface area (Å²) in [7, 11) is 1.92. The van der Waals surface area contributed by atoms with Crippen molar-refractivity contribution < 1.29 is 13.9 Å². The average molecular weight is 324 g/mol. The molecule has 2 aromatic rings. The Balaban J connectivity index is 1.71. The lowest BCUT2D eigenvalue weighted by atomic mass is 9.80. The van der Waals surface area contributed by atoms with Crippen LogP contribution in [0.1, 0.15) is 24.3 Å². The molecule has 1 fully saturated rings. The van der Waals surface area contributed by atoms with Crippen molar-refractivity contribution in [1.29, 1.82) is 0 Å². The Labute approximate surface area is 132 Å². The van der Waals surface area contributed by atoms with Crippen molar-refractivity contribution in [3.8, 4) is 11.3 Å². The van der Waals surface area contributed by atoms with Gasteiger partial charge in [0.1, 0.15) is 16.6 Å². The first kappa shape index (κ1) is 15.5. The molecule has 6 heteroatoms. The van der Waals surface area contributed by atoms with Gasteiger partial charge in [0.25, 0.3) is 0 Å². The van der Waals surface area contributed by atoms with Crippen molar-refractivity contribution in [1.82, 2.24) is 9.88 Å². The van der Waals surface area contributed by atoms with Crippen molar-refractivity contribution in [3.05, 3.63) is 40.2 Å². The number of hydrogen-bond acceptors (Lipinski definition) is 4. The number of rotatable bonds is 5. The molecule has 1 saturated carbocycles. The van der Waals surface area contributed by atoms with Crippen LogP contribution in [0.15, 0.2) is 23.6 Å². The molecule has 1 aliphatic rings. The van der Waals surface area contributed by atoms with E-state index in [9.17, 15) is 13.9 Å². The largest absolute Gasteiger partial charge is 0.389 e. The highest BCUT2D eigenvalue weighted by atomic mass is 32.1. The molecule has 0 spiro atoms. The smallest absolute Gasteiger partial charge is 0.135 e. The molecule has 1 aromatic heterocycles. The number of nitrogens with zero attached hydrogens (tertiary/aromatic N) is 2. The van der Waals surface area contributed by atoms with Crippen molar-refractivity contribution in [3.63, 3.8) is 0 Å². The van der Waals surface area contributed by atoms with Gasteiger partial charge in [0.2, 0.25) is 0 Å². The number of likely N-dealkylation sites (N-methyl/N-ethyl adjacent to an activating group) is 1. The second-order valence-electron chi connectivity index (χ2n) is 5.97. The summed E-state index contributed by atoms with van der Waals surface area (Å²) in [6.07, 6.45) is 2.74. The standard InChI is InChI=1S/C16H18F2N2OS/c1-20(10-16(21)6-3-7-16)8-14-19-13(9-22-14)15-11(17)4-2-5-12(15)18/h2,4-5,9,21H,3,6-8,10H2,1H3. The number of aliphatic hydroxyl groups is 1. The van der Waals surface area contributed by atoms with E-state index in [0.717, 1.165) is 24.3 Å². The molecule has 1 heterocycles. The van der Waals surface area contributed by atoms with E-state index in [2.05, 4.69) is 4.98 Å². The maximum atomic E-state index is 13.8. The highest BCUT2D eigenvalue weighted by Gasteiger charge is 2.35. The SMILES string of the molecule is CN(Cc1nc(-c2c(F)cccc2F)cs1)CC1(O)CCC1. The van der Waals surface area contributed by atoms with Gasteiger partial charge in [-0.1, -0.05) is 6.07 Å². The van der Waals surface area contributed by atoms with Crippen molar-refractivity contribution in [2.24, 2.45) is 0 Å². The van der Waals surface area contributed by atoms with E-state index in [1.54, 1.807) is 5.38 Å². The molecule has 0 unspecified atom stereocenters. The van der Waals surface area contributed by atoms with Gasteiger partial charge in [-0.15, -0.1) is 11.3 Å². The molecule has 0 aliphatic heterocycles. The normalized spacial score (nSPS) is 16.8. The summed E-state index contributed by atoms with van der Waals surface area (Å²) in [5, 5.41) is 12.6. The number of hydrogen-bond donors (Lipinski definition) is 1. The zero-order valence-corrected chi connectivity index (χ0v) is 13.2. The number of benzene rings is 1. The van der Waals surface area contributed by atoms with Gasteiger partial charge in [0, 0.05) is 11.9 Å². The summed E-state index contributed by atoms with van der Waals surface area (Å²) in [6, 6.07) is 3.81. The van der Waals surface area contributed by atoms with E-state index >= 15 is 0 Å². The third-order valence-electron chi connectivity index (χ3n) is 4.02. The van der Waals surface area contributed by atoms with Crippen LogP contribution in [0.4, 0.5) is 8.78 Å². The van der Waals surface area contributed by atoms with E-state index in [-0.39, 0.29) is 5.56 Å². The first-order valence-corrected chi connectivity index (χ1v) is 8.14. The minimum Gasteiger partial charge on any atom is -0.389 e. The fourth-order valence-corrected chi connectivity index (χ4v) is 3.64. The van der Waals surface area contributed by atoms with Crippen LogP contribution in [-0.2, 0) is 6.54 Å². The highest BCUT2D eigenvalue weighted by molar-refractivity contribution is 7.09. The van der Waals surface area contributed by atoms with Crippen LogP contribution in [0, 0.1) is 11.6 Å². The summed E-state index contributed by atoms with van der Waals surface area (Å²) >= 11 is 1.37. The topological polar surface area (TPSA) is 36.4 Å². The second-order valence-corrected chi connectivity index (χ2v) is 6.92. The predicted molar refractivity (Wildman–Crippen MR) is 82.6 cm³/mol. The van der Waals surface area contributed by atoms with E-state index in [1.807, 2.05) is 11.9 Å². The number of thiazole rings is 1. The van der Waals surface area contributed by atoms with Gasteiger partial charge in [-0.05, 0) is 38.4 Å². The van der Waals surface area contributed by atoms with Gasteiger partial charge < -0.3 is 5.11 Å². The molecule has 3 nitrogen and oxygen atoms in total. The van der Waals surface area contributed by atoms with Gasteiger partial charge in [-0.2, -0.15) is 0 Å². The predicted octanol–water partition coefficient (Wildman–Crippen LogP) is 3.44. The molecule has 0 saturated heterocycles. The first-order chi connectivity index (χ1) is 10.5. The molecule has 1 N–H and O–H groups in total. The van der Waals surface area contributed by atoms with Crippen LogP contribution in [0.25, 0.3) is 11.3 Å². The van der Waals surface area contributed by atoms with E-state index < -0.39 is 17.2 Å². The van der Waals surface area contributed by atoms with Crippen molar-refractivity contribution >= 4 is 11.3 Å². The van der Waals surface area contributed by atoms with E-state index in [4.69, 9.17) is 0 Å². The lowest BCUT2D eigenvalue weighted by Gasteiger charge is -2.39. The Bertz CT molecular complexity index is 650. The molecule has 0 amide bonds. The molecule has 0 radical (unpaired) electrons. The fraction of sp³-hybridized carbons (Fsp3) is 0.438. The van der Waals surface area contributed by atoms with Crippen LogP contribution >= 0.6 is 11.3 Å². The Morgan fingerprint density at radius 3 is 2.59 bits per heavy atom. The highest BCUT2D eigenvalue weighted by Crippen LogP contribution is 2.33. The summed E-state index contributed by atoms with van der Waals surface area (Å²) < 4.78 is 27.5. The quantitative estimate of drug-likeness (QED) is 0.915. The molecular formula is C16H18F2N2OS. The molecular weight excluding hydrogens is 306 g/mol. The zero-order valence-electron chi connectivity index (χ0n) is 12.4. The summed E-state index contributed by atoms with van der Waals surface area (Å²) in [6.45, 7) is 1.15. The van der Waals surface area contributed by atoms with Crippen molar-refractivity contribution in [2.75, 3.05) is 13.6 Å². The molecule has 22 heavy (non-hydrogen) atoms. The summed E-state index contributed by atoms with van der Waals surface area (Å²) in [5.41, 5.74) is -0.330. The fourth-order valence-electron chi connectivity index (χ4n) is 2.77. The average Bonchev–Trinajstić information content (AvgIpc) is 2.84. The number of halogens is 2. The minimum atomic E-state index is -0.603. The van der Waals surface area contributed by atoms with Crippen LogP contribution in [0.5, 0.6) is 0 Å². The molecule has 3 rings (SSSR count).